The van der Waals surface area contributed by atoms with Crippen LogP contribution in [0.2, 0.25) is 0 Å². The summed E-state index contributed by atoms with van der Waals surface area (Å²) < 4.78 is 24.3. The molecule has 0 radical (unpaired) electrons. The van der Waals surface area contributed by atoms with E-state index in [1.165, 1.54) is 6.07 Å². The van der Waals surface area contributed by atoms with Gasteiger partial charge in [-0.15, -0.1) is 0 Å². The molecule has 34 heavy (non-hydrogen) atoms. The van der Waals surface area contributed by atoms with Gasteiger partial charge in [0.05, 0.1) is 13.7 Å². The van der Waals surface area contributed by atoms with Crippen LogP contribution in [0.4, 0.5) is 0 Å². The molecule has 0 amide bonds. The van der Waals surface area contributed by atoms with E-state index in [9.17, 15) is 9.59 Å². The molecule has 0 aliphatic carbocycles. The number of ether oxygens (including phenoxy) is 4. The maximum atomic E-state index is 12.6. The molecule has 8 nitrogen and oxygen atoms in total. The number of hydrogen-bond donors (Lipinski definition) is 0. The van der Waals surface area contributed by atoms with Gasteiger partial charge in [-0.05, 0) is 60.7 Å². The fraction of sp³-hybridized carbons (Fsp3) is 0.560. The number of nitrogens with zero attached hydrogens (tertiary/aromatic N) is 2. The Bertz CT molecular complexity index is 1030. The summed E-state index contributed by atoms with van der Waals surface area (Å²) in [6, 6.07) is 3.25. The highest BCUT2D eigenvalue weighted by Crippen LogP contribution is 2.33. The molecule has 188 valence electrons. The van der Waals surface area contributed by atoms with Crippen molar-refractivity contribution in [2.24, 2.45) is 5.92 Å². The lowest BCUT2D eigenvalue weighted by Crippen LogP contribution is -2.29. The first kappa shape index (κ1) is 27.9. The van der Waals surface area contributed by atoms with Crippen LogP contribution in [0.15, 0.2) is 33.9 Å². The van der Waals surface area contributed by atoms with E-state index in [1.807, 2.05) is 10.6 Å². The molecule has 1 atom stereocenters. The van der Waals surface area contributed by atoms with E-state index in [-0.39, 0.29) is 23.0 Å². The van der Waals surface area contributed by atoms with Crippen LogP contribution < -0.4 is 14.9 Å². The molecule has 0 spiro atoms. The second kappa shape index (κ2) is 12.4. The molecule has 2 heterocycles. The predicted octanol–water partition coefficient (Wildman–Crippen LogP) is 4.82. The lowest BCUT2D eigenvalue weighted by molar-refractivity contribution is 0.00668. The van der Waals surface area contributed by atoms with Crippen LogP contribution in [-0.4, -0.2) is 48.6 Å². The Morgan fingerprint density at radius 2 is 1.91 bits per heavy atom. The molecule has 2 aromatic heterocycles. The lowest BCUT2D eigenvalue weighted by atomic mass is 9.96. The molecule has 0 saturated heterocycles. The summed E-state index contributed by atoms with van der Waals surface area (Å²) in [5.74, 6) is 0.501. The second-order valence-corrected chi connectivity index (χ2v) is 10.1. The fourth-order valence-electron chi connectivity index (χ4n) is 3.38. The summed E-state index contributed by atoms with van der Waals surface area (Å²) in [5.41, 5.74) is -0.135. The van der Waals surface area contributed by atoms with Crippen molar-refractivity contribution in [2.75, 3.05) is 27.4 Å². The van der Waals surface area contributed by atoms with Crippen molar-refractivity contribution in [3.05, 3.63) is 50.5 Å². The number of aromatic nitrogens is 2. The third kappa shape index (κ3) is 7.84. The fourth-order valence-corrected chi connectivity index (χ4v) is 3.81. The minimum absolute atomic E-state index is 0.0113. The molecule has 9 heteroatoms. The molecule has 0 aliphatic rings. The Hall–Kier alpha value is -2.39. The average molecular weight is 539 g/mol. The van der Waals surface area contributed by atoms with Gasteiger partial charge < -0.3 is 23.5 Å². The Balaban J connectivity index is 2.37. The topological polar surface area (TPSA) is 88.9 Å². The zero-order chi connectivity index (χ0) is 25.5. The van der Waals surface area contributed by atoms with E-state index >= 15 is 0 Å². The third-order valence-corrected chi connectivity index (χ3v) is 5.75. The maximum absolute atomic E-state index is 12.6. The molecule has 0 saturated carbocycles. The largest absolute Gasteiger partial charge is 0.488 e. The second-order valence-electron chi connectivity index (χ2n) is 9.33. The van der Waals surface area contributed by atoms with Gasteiger partial charge in [0.2, 0.25) is 0 Å². The number of methoxy groups -OCH3 is 2. The molecule has 2 aromatic rings. The molecule has 1 unspecified atom stereocenters. The van der Waals surface area contributed by atoms with Gasteiger partial charge in [0.1, 0.15) is 15.8 Å². The predicted molar refractivity (Wildman–Crippen MR) is 134 cm³/mol. The Morgan fingerprint density at radius 3 is 2.50 bits per heavy atom. The molecule has 2 rings (SSSR count). The van der Waals surface area contributed by atoms with Crippen LogP contribution in [0.1, 0.15) is 63.0 Å². The standard InChI is InChI=1S/C25H35BrN2O6/c1-16(2)19(28-10-9-20(29)18(15-28)24(30)34-25(3,4)5)13-17-14-21(33-12-8-11-31-6)23(32-7)27-22(17)26/h9-10,14-16,19H,8,11-13H2,1-7H3. The number of hydrogen-bond acceptors (Lipinski definition) is 7. The van der Waals surface area contributed by atoms with E-state index in [1.54, 1.807) is 47.4 Å². The van der Waals surface area contributed by atoms with Gasteiger partial charge in [-0.2, -0.15) is 0 Å². The number of rotatable bonds is 11. The van der Waals surface area contributed by atoms with Gasteiger partial charge in [-0.25, -0.2) is 9.78 Å². The quantitative estimate of drug-likeness (QED) is 0.230. The van der Waals surface area contributed by atoms with Crippen molar-refractivity contribution >= 4 is 21.9 Å². The molecule has 0 aromatic carbocycles. The minimum atomic E-state index is -0.694. The van der Waals surface area contributed by atoms with E-state index in [0.717, 1.165) is 12.0 Å². The van der Waals surface area contributed by atoms with Gasteiger partial charge in [-0.3, -0.25) is 4.79 Å². The van der Waals surface area contributed by atoms with E-state index in [4.69, 9.17) is 18.9 Å². The van der Waals surface area contributed by atoms with Crippen molar-refractivity contribution in [1.29, 1.82) is 0 Å². The lowest BCUT2D eigenvalue weighted by Gasteiger charge is -2.26. The van der Waals surface area contributed by atoms with Crippen LogP contribution >= 0.6 is 15.9 Å². The normalized spacial score (nSPS) is 12.5. The van der Waals surface area contributed by atoms with Crippen LogP contribution in [0.25, 0.3) is 0 Å². The number of halogens is 1. The first-order chi connectivity index (χ1) is 16.0. The van der Waals surface area contributed by atoms with Gasteiger partial charge >= 0.3 is 5.97 Å². The average Bonchev–Trinajstić information content (AvgIpc) is 2.75. The number of carbonyl (C=O) groups is 1. The van der Waals surface area contributed by atoms with Gasteiger partial charge in [-0.1, -0.05) is 13.8 Å². The first-order valence-electron chi connectivity index (χ1n) is 11.3. The van der Waals surface area contributed by atoms with E-state index in [2.05, 4.69) is 34.8 Å². The monoisotopic (exact) mass is 538 g/mol. The highest BCUT2D eigenvalue weighted by atomic mass is 79.9. The highest BCUT2D eigenvalue weighted by molar-refractivity contribution is 9.10. The zero-order valence-corrected chi connectivity index (χ0v) is 22.6. The number of esters is 1. The van der Waals surface area contributed by atoms with E-state index in [0.29, 0.717) is 35.9 Å². The van der Waals surface area contributed by atoms with Crippen molar-refractivity contribution in [3.63, 3.8) is 0 Å². The number of pyridine rings is 2. The van der Waals surface area contributed by atoms with Crippen LogP contribution in [0, 0.1) is 5.92 Å². The van der Waals surface area contributed by atoms with Crippen LogP contribution in [-0.2, 0) is 15.9 Å². The van der Waals surface area contributed by atoms with Gasteiger partial charge in [0, 0.05) is 44.6 Å². The van der Waals surface area contributed by atoms with Crippen LogP contribution in [0.3, 0.4) is 0 Å². The minimum Gasteiger partial charge on any atom is -0.488 e. The van der Waals surface area contributed by atoms with Crippen molar-refractivity contribution < 1.29 is 23.7 Å². The van der Waals surface area contributed by atoms with Crippen molar-refractivity contribution in [2.45, 2.75) is 59.1 Å². The third-order valence-electron chi connectivity index (χ3n) is 5.07. The van der Waals surface area contributed by atoms with Crippen LogP contribution in [0.5, 0.6) is 11.6 Å². The summed E-state index contributed by atoms with van der Waals surface area (Å²) >= 11 is 3.55. The summed E-state index contributed by atoms with van der Waals surface area (Å²) in [7, 11) is 3.20. The molecule has 0 N–H and O–H groups in total. The Morgan fingerprint density at radius 1 is 1.21 bits per heavy atom. The smallest absolute Gasteiger partial charge is 0.344 e. The van der Waals surface area contributed by atoms with Gasteiger partial charge in [0.15, 0.2) is 11.2 Å². The molecule has 0 aliphatic heterocycles. The Kier molecular flexibility index (Phi) is 10.1. The van der Waals surface area contributed by atoms with Crippen molar-refractivity contribution in [3.8, 4) is 11.6 Å². The van der Waals surface area contributed by atoms with Crippen molar-refractivity contribution in [1.82, 2.24) is 9.55 Å². The summed E-state index contributed by atoms with van der Waals surface area (Å²) in [5, 5.41) is 0. The van der Waals surface area contributed by atoms with E-state index < -0.39 is 11.6 Å². The van der Waals surface area contributed by atoms with Gasteiger partial charge in [0.25, 0.3) is 5.88 Å². The highest BCUT2D eigenvalue weighted by Gasteiger charge is 2.24. The maximum Gasteiger partial charge on any atom is 0.344 e. The Labute approximate surface area is 209 Å². The molecule has 0 bridgehead atoms. The molecular weight excluding hydrogens is 504 g/mol. The first-order valence-corrected chi connectivity index (χ1v) is 12.1. The summed E-state index contributed by atoms with van der Waals surface area (Å²) in [6.45, 7) is 10.6. The molecular formula is C25H35BrN2O6. The molecule has 0 fully saturated rings. The number of carbonyl (C=O) groups excluding carboxylic acids is 1. The summed E-state index contributed by atoms with van der Waals surface area (Å²) in [6.07, 6.45) is 4.60. The SMILES string of the molecule is COCCCOc1cc(CC(C(C)C)n2ccc(=O)c(C(=O)OC(C)(C)C)c2)c(Br)nc1OC. The zero-order valence-electron chi connectivity index (χ0n) is 21.0. The summed E-state index contributed by atoms with van der Waals surface area (Å²) in [4.78, 5) is 29.5.